The van der Waals surface area contributed by atoms with Crippen LogP contribution in [0.1, 0.15) is 59.4 Å². The van der Waals surface area contributed by atoms with Crippen molar-refractivity contribution < 1.29 is 19.2 Å². The summed E-state index contributed by atoms with van der Waals surface area (Å²) in [5.74, 6) is -1.53. The van der Waals surface area contributed by atoms with Crippen molar-refractivity contribution in [2.75, 3.05) is 13.1 Å². The van der Waals surface area contributed by atoms with Crippen molar-refractivity contribution in [2.24, 2.45) is 11.7 Å². The monoisotopic (exact) mass is 398 g/mol. The van der Waals surface area contributed by atoms with Crippen molar-refractivity contribution >= 4 is 23.6 Å². The summed E-state index contributed by atoms with van der Waals surface area (Å²) in [5, 5.41) is 2.23. The largest absolute Gasteiger partial charge is 0.330 e. The van der Waals surface area contributed by atoms with Gasteiger partial charge in [0.2, 0.25) is 11.8 Å². The van der Waals surface area contributed by atoms with Crippen LogP contribution < -0.4 is 11.1 Å². The van der Waals surface area contributed by atoms with Crippen LogP contribution in [0.2, 0.25) is 0 Å². The third-order valence-electron chi connectivity index (χ3n) is 6.76. The highest BCUT2D eigenvalue weighted by atomic mass is 16.2. The number of hydrogen-bond acceptors (Lipinski definition) is 6. The smallest absolute Gasteiger partial charge is 0.262 e. The van der Waals surface area contributed by atoms with Crippen LogP contribution in [0.4, 0.5) is 0 Å². The maximum atomic E-state index is 13.2. The van der Waals surface area contributed by atoms with Gasteiger partial charge >= 0.3 is 0 Å². The number of benzene rings is 1. The van der Waals surface area contributed by atoms with Crippen molar-refractivity contribution in [2.45, 2.75) is 51.2 Å². The lowest BCUT2D eigenvalue weighted by molar-refractivity contribution is -0.136. The van der Waals surface area contributed by atoms with Crippen LogP contribution in [-0.4, -0.2) is 58.1 Å². The number of amides is 4. The van der Waals surface area contributed by atoms with Gasteiger partial charge < -0.3 is 5.73 Å². The zero-order chi connectivity index (χ0) is 20.9. The predicted molar refractivity (Wildman–Crippen MR) is 105 cm³/mol. The highest BCUT2D eigenvalue weighted by molar-refractivity contribution is 6.24. The van der Waals surface area contributed by atoms with Crippen LogP contribution in [0.3, 0.4) is 0 Å². The van der Waals surface area contributed by atoms with E-state index in [9.17, 15) is 19.2 Å². The van der Waals surface area contributed by atoms with E-state index in [2.05, 4.69) is 24.1 Å². The maximum Gasteiger partial charge on any atom is 0.262 e. The molecule has 0 bridgehead atoms. The number of carbonyl (C=O) groups excluding carboxylic acids is 4. The summed E-state index contributed by atoms with van der Waals surface area (Å²) in [6.07, 6.45) is 1.26. The van der Waals surface area contributed by atoms with E-state index in [-0.39, 0.29) is 24.3 Å². The van der Waals surface area contributed by atoms with Crippen molar-refractivity contribution in [1.82, 2.24) is 15.1 Å². The van der Waals surface area contributed by atoms with Gasteiger partial charge in [-0.05, 0) is 57.3 Å². The Morgan fingerprint density at radius 2 is 1.90 bits per heavy atom. The Labute approximate surface area is 169 Å². The summed E-state index contributed by atoms with van der Waals surface area (Å²) in [6.45, 7) is 6.33. The predicted octanol–water partition coefficient (Wildman–Crippen LogP) is 0.647. The molecule has 0 radical (unpaired) electrons. The lowest BCUT2D eigenvalue weighted by atomic mass is 9.88. The molecule has 8 nitrogen and oxygen atoms in total. The van der Waals surface area contributed by atoms with Gasteiger partial charge in [0.1, 0.15) is 6.04 Å². The van der Waals surface area contributed by atoms with Crippen LogP contribution in [0.25, 0.3) is 0 Å². The molecule has 8 heteroatoms. The fourth-order valence-electron chi connectivity index (χ4n) is 4.82. The molecular weight excluding hydrogens is 372 g/mol. The Morgan fingerprint density at radius 3 is 2.55 bits per heavy atom. The van der Waals surface area contributed by atoms with E-state index in [0.29, 0.717) is 30.1 Å². The number of rotatable bonds is 4. The molecule has 0 spiro atoms. The number of nitrogens with zero attached hydrogens (tertiary/aromatic N) is 2. The number of carbonyl (C=O) groups is 4. The number of hydrogen-bond donors (Lipinski definition) is 2. The lowest BCUT2D eigenvalue weighted by Gasteiger charge is -2.36. The molecule has 1 aromatic rings. The third-order valence-corrected chi connectivity index (χ3v) is 6.76. The topological polar surface area (TPSA) is 113 Å². The normalized spacial score (nSPS) is 26.8. The molecule has 2 fully saturated rings. The van der Waals surface area contributed by atoms with Gasteiger partial charge in [0, 0.05) is 18.5 Å². The van der Waals surface area contributed by atoms with E-state index in [0.717, 1.165) is 23.4 Å². The first kappa shape index (κ1) is 19.7. The summed E-state index contributed by atoms with van der Waals surface area (Å²) < 4.78 is 0. The Bertz CT molecular complexity index is 910. The second-order valence-electron chi connectivity index (χ2n) is 8.58. The summed E-state index contributed by atoms with van der Waals surface area (Å²) in [5.41, 5.74) is 7.29. The van der Waals surface area contributed by atoms with E-state index in [1.54, 1.807) is 12.1 Å². The molecule has 2 saturated heterocycles. The van der Waals surface area contributed by atoms with Gasteiger partial charge in [-0.25, -0.2) is 0 Å². The van der Waals surface area contributed by atoms with Gasteiger partial charge in [0.25, 0.3) is 11.8 Å². The molecule has 3 N–H and O–H groups in total. The second kappa shape index (κ2) is 7.03. The van der Waals surface area contributed by atoms with Gasteiger partial charge in [0.05, 0.1) is 11.1 Å². The number of imide groups is 2. The Hall–Kier alpha value is -2.58. The van der Waals surface area contributed by atoms with Crippen LogP contribution in [0, 0.1) is 5.92 Å². The lowest BCUT2D eigenvalue weighted by Crippen LogP contribution is -2.54. The molecule has 0 aromatic heterocycles. The zero-order valence-electron chi connectivity index (χ0n) is 16.7. The summed E-state index contributed by atoms with van der Waals surface area (Å²) >= 11 is 0. The zero-order valence-corrected chi connectivity index (χ0v) is 16.7. The molecular formula is C21H26N4O4. The van der Waals surface area contributed by atoms with Gasteiger partial charge in [-0.15, -0.1) is 0 Å². The fourth-order valence-corrected chi connectivity index (χ4v) is 4.82. The number of piperidine rings is 1. The highest BCUT2D eigenvalue weighted by Gasteiger charge is 2.46. The molecule has 3 aliphatic rings. The fraction of sp³-hybridized carbons (Fsp3) is 0.524. The van der Waals surface area contributed by atoms with Crippen molar-refractivity contribution in [3.63, 3.8) is 0 Å². The molecule has 1 aromatic carbocycles. The van der Waals surface area contributed by atoms with E-state index in [1.807, 2.05) is 6.07 Å². The highest BCUT2D eigenvalue weighted by Crippen LogP contribution is 2.37. The first-order chi connectivity index (χ1) is 13.8. The molecule has 0 aliphatic carbocycles. The standard InChI is InChI=1S/C21H26N4O4/c1-21(2)13(10-22)8-9-24(21)11-12-4-3-5-14-17(12)20(29)25(19(14)28)15-6-7-16(26)23-18(15)27/h3-5,13,15H,6-11,22H2,1-2H3,(H,23,26,27). The van der Waals surface area contributed by atoms with Crippen molar-refractivity contribution in [1.29, 1.82) is 0 Å². The van der Waals surface area contributed by atoms with Crippen LogP contribution in [0.15, 0.2) is 18.2 Å². The van der Waals surface area contributed by atoms with Crippen molar-refractivity contribution in [3.05, 3.63) is 34.9 Å². The quantitative estimate of drug-likeness (QED) is 0.720. The van der Waals surface area contributed by atoms with Gasteiger partial charge in [-0.2, -0.15) is 0 Å². The molecule has 154 valence electrons. The summed E-state index contributed by atoms with van der Waals surface area (Å²) in [4.78, 5) is 53.2. The number of nitrogens with one attached hydrogen (secondary N) is 1. The average Bonchev–Trinajstić information content (AvgIpc) is 3.09. The molecule has 3 aliphatic heterocycles. The van der Waals surface area contributed by atoms with Crippen LogP contribution in [-0.2, 0) is 16.1 Å². The van der Waals surface area contributed by atoms with E-state index >= 15 is 0 Å². The molecule has 3 heterocycles. The first-order valence-corrected chi connectivity index (χ1v) is 10.0. The van der Waals surface area contributed by atoms with E-state index in [4.69, 9.17) is 5.73 Å². The van der Waals surface area contributed by atoms with Gasteiger partial charge in [0.15, 0.2) is 0 Å². The van der Waals surface area contributed by atoms with E-state index < -0.39 is 23.8 Å². The second-order valence-corrected chi connectivity index (χ2v) is 8.58. The maximum absolute atomic E-state index is 13.2. The minimum Gasteiger partial charge on any atom is -0.330 e. The SMILES string of the molecule is CC1(C)C(CN)CCN1Cc1cccc2c1C(=O)N(C1CCC(=O)NC1=O)C2=O. The molecule has 2 atom stereocenters. The number of fused-ring (bicyclic) bond motifs is 1. The average molecular weight is 398 g/mol. The summed E-state index contributed by atoms with van der Waals surface area (Å²) in [7, 11) is 0. The van der Waals surface area contributed by atoms with Crippen LogP contribution in [0.5, 0.6) is 0 Å². The Kier molecular flexibility index (Phi) is 4.78. The van der Waals surface area contributed by atoms with Gasteiger partial charge in [-0.1, -0.05) is 12.1 Å². The third kappa shape index (κ3) is 3.07. The minimum atomic E-state index is -0.946. The van der Waals surface area contributed by atoms with Crippen molar-refractivity contribution in [3.8, 4) is 0 Å². The molecule has 0 saturated carbocycles. The Morgan fingerprint density at radius 1 is 1.14 bits per heavy atom. The summed E-state index contributed by atoms with van der Waals surface area (Å²) in [6, 6.07) is 4.32. The van der Waals surface area contributed by atoms with E-state index in [1.165, 1.54) is 0 Å². The number of nitrogens with two attached hydrogens (primary N) is 1. The molecule has 4 rings (SSSR count). The minimum absolute atomic E-state index is 0.105. The molecule has 29 heavy (non-hydrogen) atoms. The Balaban J connectivity index is 1.63. The number of likely N-dealkylation sites (tertiary alicyclic amines) is 1. The molecule has 2 unspecified atom stereocenters. The molecule has 4 amide bonds. The first-order valence-electron chi connectivity index (χ1n) is 10.0. The van der Waals surface area contributed by atoms with Gasteiger partial charge in [-0.3, -0.25) is 34.3 Å². The van der Waals surface area contributed by atoms with Crippen LogP contribution >= 0.6 is 0 Å².